The number of hydrogen-bond donors (Lipinski definition) is 2. The summed E-state index contributed by atoms with van der Waals surface area (Å²) < 4.78 is 22.1. The molecule has 13 heteroatoms. The number of carbonyl (C=O) groups excluding carboxylic acids is 2. The second-order valence-corrected chi connectivity index (χ2v) is 14.2. The number of piperazine rings is 1. The number of aliphatic carboxylic acids is 1. The van der Waals surface area contributed by atoms with Crippen LogP contribution < -0.4 is 5.32 Å². The lowest BCUT2D eigenvalue weighted by Crippen LogP contribution is -2.70. The molecular weight excluding hydrogens is 672 g/mol. The highest BCUT2D eigenvalue weighted by molar-refractivity contribution is 6.36. The Morgan fingerprint density at radius 3 is 2.31 bits per heavy atom. The van der Waals surface area contributed by atoms with Crippen LogP contribution in [0.4, 0.5) is 10.1 Å². The molecule has 1 unspecified atom stereocenters. The van der Waals surface area contributed by atoms with Crippen LogP contribution in [0.1, 0.15) is 54.4 Å². The maximum absolute atomic E-state index is 14.9. The Morgan fingerprint density at radius 2 is 1.63 bits per heavy atom. The summed E-state index contributed by atoms with van der Waals surface area (Å²) in [4.78, 5) is 46.2. The molecule has 3 aliphatic rings. The van der Waals surface area contributed by atoms with Crippen LogP contribution >= 0.6 is 23.2 Å². The average Bonchev–Trinajstić information content (AvgIpc) is 3.76. The van der Waals surface area contributed by atoms with Crippen molar-refractivity contribution >= 4 is 57.5 Å². The van der Waals surface area contributed by atoms with Gasteiger partial charge in [-0.3, -0.25) is 29.1 Å². The zero-order valence-electron chi connectivity index (χ0n) is 27.8. The molecule has 0 bridgehead atoms. The van der Waals surface area contributed by atoms with Crippen LogP contribution in [0.2, 0.25) is 10.0 Å². The summed E-state index contributed by atoms with van der Waals surface area (Å²) in [6, 6.07) is 10.8. The quantitative estimate of drug-likeness (QED) is 0.241. The molecule has 2 N–H and O–H groups in total. The normalized spacial score (nSPS) is 22.3. The first-order valence-corrected chi connectivity index (χ1v) is 17.9. The van der Waals surface area contributed by atoms with Crippen molar-refractivity contribution in [2.75, 3.05) is 57.8 Å². The number of halogens is 3. The molecule has 1 amide bonds. The summed E-state index contributed by atoms with van der Waals surface area (Å²) in [7, 11) is 1.88. The number of ketones is 1. The number of rotatable bonds is 12. The minimum atomic E-state index is -1.39. The van der Waals surface area contributed by atoms with Crippen molar-refractivity contribution in [3.8, 4) is 0 Å². The van der Waals surface area contributed by atoms with Gasteiger partial charge in [-0.1, -0.05) is 41.4 Å². The highest BCUT2D eigenvalue weighted by Crippen LogP contribution is 2.38. The number of carboxylic acid groups (broad SMARTS) is 1. The van der Waals surface area contributed by atoms with E-state index >= 15 is 0 Å². The number of anilines is 1. The maximum atomic E-state index is 14.9. The lowest BCUT2D eigenvalue weighted by molar-refractivity contribution is -0.260. The number of nitrogens with zero attached hydrogens (tertiary/aromatic N) is 4. The van der Waals surface area contributed by atoms with Crippen molar-refractivity contribution in [2.24, 2.45) is 13.0 Å². The fourth-order valence-electron chi connectivity index (χ4n) is 7.66. The third-order valence-electron chi connectivity index (χ3n) is 10.3. The van der Waals surface area contributed by atoms with Crippen LogP contribution in [0.15, 0.2) is 42.6 Å². The number of alkyl halides is 1. The number of fused-ring (bicyclic) bond motifs is 1. The molecule has 6 rings (SSSR count). The smallest absolute Gasteiger partial charge is 0.306 e. The van der Waals surface area contributed by atoms with Gasteiger partial charge in [-0.25, -0.2) is 4.39 Å². The molecule has 2 aliphatic heterocycles. The van der Waals surface area contributed by atoms with Gasteiger partial charge in [0.15, 0.2) is 5.78 Å². The minimum absolute atomic E-state index is 0.0677. The highest BCUT2D eigenvalue weighted by atomic mass is 35.5. The standard InChI is InChI=1S/C36H44Cl2FN5O5/c1-41-23-28(27-6-2-3-7-32(27)41)34(46)40-31-22-29(37)25(20-30(31)38)21-33(45)36(43-13-4-5-14-43,44-18-16-42(15-12-39)17-19-44)49-26-10-8-24(9-11-26)35(47)48/h2-3,6-7,20,22-24,26H,4-5,8-19,21H2,1H3,(H,40,46)(H,47,48). The summed E-state index contributed by atoms with van der Waals surface area (Å²) in [5.41, 5.74) is 2.27. The number of nitrogens with one attached hydrogen (secondary N) is 1. The Balaban J connectivity index is 1.27. The third kappa shape index (κ3) is 7.52. The van der Waals surface area contributed by atoms with E-state index < -0.39 is 24.4 Å². The van der Waals surface area contributed by atoms with E-state index in [1.165, 1.54) is 0 Å². The van der Waals surface area contributed by atoms with Crippen molar-refractivity contribution < 1.29 is 28.6 Å². The van der Waals surface area contributed by atoms with Gasteiger partial charge in [0.05, 0.1) is 28.3 Å². The Morgan fingerprint density at radius 1 is 0.959 bits per heavy atom. The van der Waals surface area contributed by atoms with Gasteiger partial charge in [-0.2, -0.15) is 0 Å². The lowest BCUT2D eigenvalue weighted by Gasteiger charge is -2.52. The summed E-state index contributed by atoms with van der Waals surface area (Å²) in [5, 5.41) is 13.8. The number of Topliss-reactive ketones (excluding diaryl/α,β-unsaturated/α-hetero) is 1. The zero-order chi connectivity index (χ0) is 34.7. The summed E-state index contributed by atoms with van der Waals surface area (Å²) >= 11 is 13.6. The van der Waals surface area contributed by atoms with Gasteiger partial charge in [0.25, 0.3) is 5.91 Å². The topological polar surface area (TPSA) is 107 Å². The average molecular weight is 717 g/mol. The molecule has 49 heavy (non-hydrogen) atoms. The molecule has 2 aromatic carbocycles. The fourth-order valence-corrected chi connectivity index (χ4v) is 8.13. The molecule has 3 aromatic rings. The van der Waals surface area contributed by atoms with E-state index in [0.29, 0.717) is 88.3 Å². The summed E-state index contributed by atoms with van der Waals surface area (Å²) in [6.07, 6.45) is 5.30. The Kier molecular flexibility index (Phi) is 11.3. The Labute approximate surface area is 296 Å². The number of carboxylic acids is 1. The number of aryl methyl sites for hydroxylation is 1. The SMILES string of the molecule is Cn1cc(C(=O)Nc2cc(Cl)c(CC(=O)C(OC3CCC(C(=O)O)CC3)(N3CCCC3)N3CCN(CCF)CC3)cc2Cl)c2ccccc21. The third-order valence-corrected chi connectivity index (χ3v) is 11.0. The number of aromatic nitrogens is 1. The predicted molar refractivity (Wildman–Crippen MR) is 188 cm³/mol. The van der Waals surface area contributed by atoms with Gasteiger partial charge < -0.3 is 19.7 Å². The largest absolute Gasteiger partial charge is 0.481 e. The van der Waals surface area contributed by atoms with Crippen LogP contribution in [0.5, 0.6) is 0 Å². The number of likely N-dealkylation sites (tertiary alicyclic amines) is 1. The summed E-state index contributed by atoms with van der Waals surface area (Å²) in [6.45, 7) is 3.48. The molecule has 2 saturated heterocycles. The van der Waals surface area contributed by atoms with Crippen LogP contribution in [0, 0.1) is 5.92 Å². The first-order valence-electron chi connectivity index (χ1n) is 17.2. The van der Waals surface area contributed by atoms with Crippen molar-refractivity contribution in [2.45, 2.75) is 56.9 Å². The van der Waals surface area contributed by atoms with E-state index in [-0.39, 0.29) is 34.3 Å². The van der Waals surface area contributed by atoms with Gasteiger partial charge in [0.2, 0.25) is 5.85 Å². The molecule has 3 heterocycles. The molecule has 1 aromatic heterocycles. The Hall–Kier alpha value is -3.06. The maximum Gasteiger partial charge on any atom is 0.306 e. The highest BCUT2D eigenvalue weighted by Gasteiger charge is 2.53. The molecule has 1 saturated carbocycles. The van der Waals surface area contributed by atoms with Crippen molar-refractivity contribution in [3.63, 3.8) is 0 Å². The molecule has 1 aliphatic carbocycles. The van der Waals surface area contributed by atoms with E-state index in [2.05, 4.69) is 20.0 Å². The number of carbonyl (C=O) groups is 3. The second kappa shape index (κ2) is 15.4. The number of hydrogen-bond acceptors (Lipinski definition) is 7. The van der Waals surface area contributed by atoms with E-state index in [0.717, 1.165) is 23.7 Å². The predicted octanol–water partition coefficient (Wildman–Crippen LogP) is 5.85. The van der Waals surface area contributed by atoms with Gasteiger partial charge in [0, 0.05) is 81.4 Å². The molecule has 10 nitrogen and oxygen atoms in total. The Bertz CT molecular complexity index is 1680. The second-order valence-electron chi connectivity index (χ2n) is 13.4. The minimum Gasteiger partial charge on any atom is -0.481 e. The molecule has 3 fully saturated rings. The van der Waals surface area contributed by atoms with E-state index in [4.69, 9.17) is 27.9 Å². The van der Waals surface area contributed by atoms with Gasteiger partial charge in [-0.05, 0) is 62.3 Å². The molecular formula is C36H44Cl2FN5O5. The van der Waals surface area contributed by atoms with Gasteiger partial charge in [-0.15, -0.1) is 0 Å². The lowest BCUT2D eigenvalue weighted by atomic mass is 9.87. The van der Waals surface area contributed by atoms with E-state index in [1.807, 2.05) is 35.9 Å². The van der Waals surface area contributed by atoms with E-state index in [1.54, 1.807) is 18.3 Å². The molecule has 264 valence electrons. The van der Waals surface area contributed by atoms with Gasteiger partial charge >= 0.3 is 5.97 Å². The van der Waals surface area contributed by atoms with Crippen LogP contribution in [-0.2, 0) is 27.8 Å². The molecule has 0 radical (unpaired) electrons. The van der Waals surface area contributed by atoms with Crippen molar-refractivity contribution in [3.05, 3.63) is 63.8 Å². The molecule has 1 atom stereocenters. The van der Waals surface area contributed by atoms with Crippen molar-refractivity contribution in [1.29, 1.82) is 0 Å². The monoisotopic (exact) mass is 715 g/mol. The van der Waals surface area contributed by atoms with Gasteiger partial charge in [0.1, 0.15) is 6.67 Å². The number of amides is 1. The fraction of sp³-hybridized carbons (Fsp3) is 0.528. The van der Waals surface area contributed by atoms with Crippen LogP contribution in [0.3, 0.4) is 0 Å². The first kappa shape index (κ1) is 35.8. The number of benzene rings is 2. The van der Waals surface area contributed by atoms with E-state index in [9.17, 15) is 23.9 Å². The number of para-hydroxylation sites is 1. The molecule has 0 spiro atoms. The van der Waals surface area contributed by atoms with Crippen LogP contribution in [0.25, 0.3) is 10.9 Å². The zero-order valence-corrected chi connectivity index (χ0v) is 29.3. The number of ether oxygens (including phenoxy) is 1. The van der Waals surface area contributed by atoms with Crippen LogP contribution in [-0.4, -0.2) is 106 Å². The first-order chi connectivity index (χ1) is 23.6. The summed E-state index contributed by atoms with van der Waals surface area (Å²) in [5.74, 6) is -3.12. The van der Waals surface area contributed by atoms with Crippen molar-refractivity contribution in [1.82, 2.24) is 19.3 Å².